The topological polar surface area (TPSA) is 61.8 Å². The third-order valence-electron chi connectivity index (χ3n) is 2.75. The zero-order valence-corrected chi connectivity index (χ0v) is 11.6. The van der Waals surface area contributed by atoms with Crippen molar-refractivity contribution in [2.45, 2.75) is 26.1 Å². The van der Waals surface area contributed by atoms with Gasteiger partial charge in [-0.05, 0) is 24.3 Å². The van der Waals surface area contributed by atoms with Gasteiger partial charge in [-0.2, -0.15) is 0 Å². The van der Waals surface area contributed by atoms with Crippen LogP contribution in [0.3, 0.4) is 0 Å². The fourth-order valence-electron chi connectivity index (χ4n) is 1.89. The lowest BCUT2D eigenvalue weighted by Gasteiger charge is -2.30. The van der Waals surface area contributed by atoms with Crippen LogP contribution in [0.5, 0.6) is 5.75 Å². The standard InChI is InChI=1S/C15H16O5/c1-15(2)19-12(9-14(17)20-15)8-13(16)10-4-6-11(18-3)7-5-10/h4-7,9H,8H2,1-3H3. The number of carbonyl (C=O) groups is 2. The van der Waals surface area contributed by atoms with Crippen molar-refractivity contribution in [3.63, 3.8) is 0 Å². The molecular weight excluding hydrogens is 260 g/mol. The second kappa shape index (κ2) is 5.36. The van der Waals surface area contributed by atoms with Crippen LogP contribution in [0.15, 0.2) is 36.1 Å². The first-order valence-corrected chi connectivity index (χ1v) is 6.19. The van der Waals surface area contributed by atoms with E-state index in [1.165, 1.54) is 6.08 Å². The van der Waals surface area contributed by atoms with Crippen molar-refractivity contribution in [1.82, 2.24) is 0 Å². The van der Waals surface area contributed by atoms with Gasteiger partial charge >= 0.3 is 5.97 Å². The molecule has 1 aliphatic heterocycles. The largest absolute Gasteiger partial charge is 0.497 e. The molecule has 0 amide bonds. The molecule has 2 rings (SSSR count). The number of benzene rings is 1. The third-order valence-corrected chi connectivity index (χ3v) is 2.75. The van der Waals surface area contributed by atoms with Gasteiger partial charge in [-0.25, -0.2) is 4.79 Å². The number of allylic oxidation sites excluding steroid dienone is 1. The maximum Gasteiger partial charge on any atom is 0.337 e. The minimum absolute atomic E-state index is 0.0187. The first kappa shape index (κ1) is 14.1. The predicted octanol–water partition coefficient (Wildman–Crippen LogP) is 2.46. The molecule has 5 heteroatoms. The van der Waals surface area contributed by atoms with Crippen LogP contribution in [0, 0.1) is 0 Å². The molecule has 0 saturated carbocycles. The molecule has 0 aliphatic carbocycles. The van der Waals surface area contributed by atoms with E-state index in [0.717, 1.165) is 0 Å². The number of Topliss-reactive ketones (excluding diaryl/α,β-unsaturated/α-hetero) is 1. The van der Waals surface area contributed by atoms with Gasteiger partial charge in [0.2, 0.25) is 5.79 Å². The number of hydrogen-bond acceptors (Lipinski definition) is 5. The molecule has 0 N–H and O–H groups in total. The van der Waals surface area contributed by atoms with E-state index in [0.29, 0.717) is 17.1 Å². The van der Waals surface area contributed by atoms with Crippen molar-refractivity contribution in [1.29, 1.82) is 0 Å². The molecule has 20 heavy (non-hydrogen) atoms. The van der Waals surface area contributed by atoms with E-state index in [2.05, 4.69) is 0 Å². The maximum atomic E-state index is 12.1. The molecule has 0 bridgehead atoms. The maximum absolute atomic E-state index is 12.1. The van der Waals surface area contributed by atoms with Crippen LogP contribution in [0.4, 0.5) is 0 Å². The lowest BCUT2D eigenvalue weighted by molar-refractivity contribution is -0.205. The summed E-state index contributed by atoms with van der Waals surface area (Å²) in [6, 6.07) is 6.77. The average molecular weight is 276 g/mol. The Balaban J connectivity index is 2.09. The Labute approximate surface area is 117 Å². The molecule has 1 heterocycles. The summed E-state index contributed by atoms with van der Waals surface area (Å²) in [5, 5.41) is 0. The highest BCUT2D eigenvalue weighted by atomic mass is 16.7. The zero-order valence-electron chi connectivity index (χ0n) is 11.6. The van der Waals surface area contributed by atoms with Gasteiger partial charge in [-0.15, -0.1) is 0 Å². The summed E-state index contributed by atoms with van der Waals surface area (Å²) in [5.41, 5.74) is 0.534. The monoisotopic (exact) mass is 276 g/mol. The Morgan fingerprint density at radius 2 is 1.85 bits per heavy atom. The highest BCUT2D eigenvalue weighted by molar-refractivity contribution is 5.98. The van der Waals surface area contributed by atoms with E-state index < -0.39 is 11.8 Å². The summed E-state index contributed by atoms with van der Waals surface area (Å²) < 4.78 is 15.4. The van der Waals surface area contributed by atoms with Crippen LogP contribution >= 0.6 is 0 Å². The van der Waals surface area contributed by atoms with Crippen molar-refractivity contribution >= 4 is 11.8 Å². The Bertz CT molecular complexity index is 554. The molecule has 5 nitrogen and oxygen atoms in total. The Kier molecular flexibility index (Phi) is 3.79. The molecule has 0 unspecified atom stereocenters. The third kappa shape index (κ3) is 3.38. The summed E-state index contributed by atoms with van der Waals surface area (Å²) in [7, 11) is 1.56. The molecule has 1 aromatic rings. The molecule has 1 aliphatic rings. The zero-order chi connectivity index (χ0) is 14.8. The van der Waals surface area contributed by atoms with Gasteiger partial charge in [0.15, 0.2) is 5.78 Å². The summed E-state index contributed by atoms with van der Waals surface area (Å²) >= 11 is 0. The normalized spacial score (nSPS) is 16.8. The first-order chi connectivity index (χ1) is 9.39. The SMILES string of the molecule is COc1ccc(C(=O)CC2=CC(=O)OC(C)(C)O2)cc1. The quantitative estimate of drug-likeness (QED) is 0.624. The Morgan fingerprint density at radius 1 is 1.20 bits per heavy atom. The second-order valence-corrected chi connectivity index (χ2v) is 4.86. The molecule has 0 spiro atoms. The molecule has 106 valence electrons. The number of cyclic esters (lactones) is 1. The van der Waals surface area contributed by atoms with Crippen molar-refractivity contribution < 1.29 is 23.8 Å². The Morgan fingerprint density at radius 3 is 2.40 bits per heavy atom. The van der Waals surface area contributed by atoms with Crippen molar-refractivity contribution in [3.8, 4) is 5.75 Å². The number of ether oxygens (including phenoxy) is 3. The number of methoxy groups -OCH3 is 1. The number of ketones is 1. The van der Waals surface area contributed by atoms with Gasteiger partial charge in [0.25, 0.3) is 0 Å². The highest BCUT2D eigenvalue weighted by Crippen LogP contribution is 2.25. The second-order valence-electron chi connectivity index (χ2n) is 4.86. The van der Waals surface area contributed by atoms with Crippen LogP contribution < -0.4 is 4.74 Å². The first-order valence-electron chi connectivity index (χ1n) is 6.19. The van der Waals surface area contributed by atoms with Gasteiger partial charge in [0.1, 0.15) is 11.5 Å². The lowest BCUT2D eigenvalue weighted by Crippen LogP contribution is -2.34. The van der Waals surface area contributed by atoms with Gasteiger partial charge in [-0.1, -0.05) is 0 Å². The van der Waals surface area contributed by atoms with E-state index in [1.807, 2.05) is 0 Å². The van der Waals surface area contributed by atoms with E-state index in [4.69, 9.17) is 14.2 Å². The fourth-order valence-corrected chi connectivity index (χ4v) is 1.89. The lowest BCUT2D eigenvalue weighted by atomic mass is 10.1. The molecular formula is C15H16O5. The molecule has 0 aromatic heterocycles. The summed E-state index contributed by atoms with van der Waals surface area (Å²) in [4.78, 5) is 23.5. The van der Waals surface area contributed by atoms with E-state index in [-0.39, 0.29) is 12.2 Å². The smallest absolute Gasteiger partial charge is 0.337 e. The molecule has 0 saturated heterocycles. The summed E-state index contributed by atoms with van der Waals surface area (Å²) in [6.07, 6.45) is 1.22. The van der Waals surface area contributed by atoms with Gasteiger partial charge in [-0.3, -0.25) is 4.79 Å². The van der Waals surface area contributed by atoms with Crippen molar-refractivity contribution in [3.05, 3.63) is 41.7 Å². The van der Waals surface area contributed by atoms with Crippen molar-refractivity contribution in [2.75, 3.05) is 7.11 Å². The van der Waals surface area contributed by atoms with Crippen molar-refractivity contribution in [2.24, 2.45) is 0 Å². The van der Waals surface area contributed by atoms with Crippen LogP contribution in [0.25, 0.3) is 0 Å². The number of carbonyl (C=O) groups excluding carboxylic acids is 2. The Hall–Kier alpha value is -2.30. The summed E-state index contributed by atoms with van der Waals surface area (Å²) in [5.74, 6) is -0.684. The van der Waals surface area contributed by atoms with Crippen LogP contribution in [0.2, 0.25) is 0 Å². The molecule has 0 fully saturated rings. The van der Waals surface area contributed by atoms with Crippen LogP contribution in [-0.2, 0) is 14.3 Å². The molecule has 0 radical (unpaired) electrons. The minimum Gasteiger partial charge on any atom is -0.497 e. The van der Waals surface area contributed by atoms with Gasteiger partial charge in [0.05, 0.1) is 19.6 Å². The van der Waals surface area contributed by atoms with Crippen LogP contribution in [-0.4, -0.2) is 24.6 Å². The molecule has 0 atom stereocenters. The van der Waals surface area contributed by atoms with Gasteiger partial charge in [0, 0.05) is 19.4 Å². The van der Waals surface area contributed by atoms with Crippen LogP contribution in [0.1, 0.15) is 30.6 Å². The number of esters is 1. The average Bonchev–Trinajstić information content (AvgIpc) is 2.36. The van der Waals surface area contributed by atoms with E-state index in [9.17, 15) is 9.59 Å². The predicted molar refractivity (Wildman–Crippen MR) is 71.3 cm³/mol. The minimum atomic E-state index is -1.04. The number of rotatable bonds is 4. The fraction of sp³-hybridized carbons (Fsp3) is 0.333. The summed E-state index contributed by atoms with van der Waals surface area (Å²) in [6.45, 7) is 3.24. The van der Waals surface area contributed by atoms with Gasteiger partial charge < -0.3 is 14.2 Å². The highest BCUT2D eigenvalue weighted by Gasteiger charge is 2.30. The van der Waals surface area contributed by atoms with E-state index >= 15 is 0 Å². The number of hydrogen-bond donors (Lipinski definition) is 0. The molecule has 1 aromatic carbocycles. The van der Waals surface area contributed by atoms with E-state index in [1.54, 1.807) is 45.2 Å².